The van der Waals surface area contributed by atoms with Gasteiger partial charge in [0.2, 0.25) is 0 Å². The molecule has 5 nitrogen and oxygen atoms in total. The monoisotopic (exact) mass is 365 g/mol. The zero-order valence-corrected chi connectivity index (χ0v) is 16.6. The number of benzene rings is 2. The van der Waals surface area contributed by atoms with Gasteiger partial charge in [0.25, 0.3) is 11.8 Å². The van der Waals surface area contributed by atoms with Crippen LogP contribution in [0.2, 0.25) is 0 Å². The van der Waals surface area contributed by atoms with Gasteiger partial charge in [-0.05, 0) is 49.1 Å². The predicted molar refractivity (Wildman–Crippen MR) is 111 cm³/mol. The summed E-state index contributed by atoms with van der Waals surface area (Å²) in [5, 5.41) is 5.51. The molecule has 0 fully saturated rings. The Hall–Kier alpha value is -3.08. The van der Waals surface area contributed by atoms with Gasteiger partial charge < -0.3 is 15.5 Å². The quantitative estimate of drug-likeness (QED) is 0.765. The van der Waals surface area contributed by atoms with E-state index in [4.69, 9.17) is 0 Å². The van der Waals surface area contributed by atoms with Gasteiger partial charge in [-0.3, -0.25) is 9.59 Å². The lowest BCUT2D eigenvalue weighted by atomic mass is 10.0. The lowest BCUT2D eigenvalue weighted by Gasteiger charge is -2.24. The SMILES string of the molecule is C=C(C(=O)Nc1c(C)cc(CC)cc1C(=O)NC)N(C)c1ccccc1C. The molecule has 0 heterocycles. The van der Waals surface area contributed by atoms with Gasteiger partial charge in [-0.2, -0.15) is 0 Å². The Morgan fingerprint density at radius 1 is 1.11 bits per heavy atom. The van der Waals surface area contributed by atoms with Crippen molar-refractivity contribution in [3.05, 3.63) is 70.9 Å². The fourth-order valence-corrected chi connectivity index (χ4v) is 2.97. The summed E-state index contributed by atoms with van der Waals surface area (Å²) in [5.74, 6) is -0.583. The number of carbonyl (C=O) groups is 2. The summed E-state index contributed by atoms with van der Waals surface area (Å²) < 4.78 is 0. The summed E-state index contributed by atoms with van der Waals surface area (Å²) in [5.41, 5.74) is 5.09. The number of hydrogen-bond acceptors (Lipinski definition) is 3. The molecule has 2 aromatic rings. The topological polar surface area (TPSA) is 61.4 Å². The van der Waals surface area contributed by atoms with Crippen LogP contribution in [0.1, 0.15) is 34.0 Å². The van der Waals surface area contributed by atoms with E-state index in [9.17, 15) is 9.59 Å². The van der Waals surface area contributed by atoms with Gasteiger partial charge in [0, 0.05) is 19.8 Å². The van der Waals surface area contributed by atoms with E-state index >= 15 is 0 Å². The van der Waals surface area contributed by atoms with E-state index in [2.05, 4.69) is 17.2 Å². The van der Waals surface area contributed by atoms with Crippen LogP contribution in [0.3, 0.4) is 0 Å². The number of anilines is 2. The second-order valence-corrected chi connectivity index (χ2v) is 6.51. The minimum absolute atomic E-state index is 0.235. The average Bonchev–Trinajstić information content (AvgIpc) is 2.67. The van der Waals surface area contributed by atoms with Crippen molar-refractivity contribution in [3.8, 4) is 0 Å². The largest absolute Gasteiger partial charge is 0.355 e. The number of hydrogen-bond donors (Lipinski definition) is 2. The number of para-hydroxylation sites is 1. The Morgan fingerprint density at radius 3 is 2.37 bits per heavy atom. The number of aryl methyl sites for hydroxylation is 3. The molecule has 2 amide bonds. The summed E-state index contributed by atoms with van der Waals surface area (Å²) in [6, 6.07) is 11.6. The highest BCUT2D eigenvalue weighted by Gasteiger charge is 2.20. The van der Waals surface area contributed by atoms with Crippen LogP contribution >= 0.6 is 0 Å². The van der Waals surface area contributed by atoms with E-state index in [0.717, 1.165) is 28.8 Å². The molecule has 0 aromatic heterocycles. The normalized spacial score (nSPS) is 10.3. The second kappa shape index (κ2) is 8.54. The average molecular weight is 365 g/mol. The molecule has 2 aromatic carbocycles. The highest BCUT2D eigenvalue weighted by molar-refractivity contribution is 6.10. The summed E-state index contributed by atoms with van der Waals surface area (Å²) in [6.45, 7) is 9.83. The molecule has 0 aliphatic heterocycles. The molecule has 2 N–H and O–H groups in total. The smallest absolute Gasteiger partial charge is 0.271 e. The molecule has 27 heavy (non-hydrogen) atoms. The van der Waals surface area contributed by atoms with E-state index < -0.39 is 0 Å². The number of amides is 2. The third-order valence-electron chi connectivity index (χ3n) is 4.66. The third kappa shape index (κ3) is 4.37. The number of rotatable bonds is 6. The van der Waals surface area contributed by atoms with Crippen molar-refractivity contribution in [1.82, 2.24) is 5.32 Å². The van der Waals surface area contributed by atoms with Crippen LogP contribution < -0.4 is 15.5 Å². The van der Waals surface area contributed by atoms with Crippen LogP contribution in [0.4, 0.5) is 11.4 Å². The van der Waals surface area contributed by atoms with E-state index in [1.54, 1.807) is 19.0 Å². The zero-order chi connectivity index (χ0) is 20.1. The van der Waals surface area contributed by atoms with Crippen molar-refractivity contribution in [2.45, 2.75) is 27.2 Å². The van der Waals surface area contributed by atoms with Gasteiger partial charge in [0.05, 0.1) is 16.9 Å². The summed E-state index contributed by atoms with van der Waals surface area (Å²) >= 11 is 0. The Morgan fingerprint density at radius 2 is 1.78 bits per heavy atom. The maximum absolute atomic E-state index is 12.8. The summed E-state index contributed by atoms with van der Waals surface area (Å²) in [6.07, 6.45) is 0.807. The fraction of sp³-hybridized carbons (Fsp3) is 0.273. The fourth-order valence-electron chi connectivity index (χ4n) is 2.97. The number of carbonyl (C=O) groups excluding carboxylic acids is 2. The number of likely N-dealkylation sites (N-methyl/N-ethyl adjacent to an activating group) is 1. The van der Waals surface area contributed by atoms with Crippen LogP contribution in [-0.2, 0) is 11.2 Å². The molecule has 0 spiro atoms. The molecule has 5 heteroatoms. The van der Waals surface area contributed by atoms with Gasteiger partial charge in [-0.25, -0.2) is 0 Å². The molecule has 142 valence electrons. The van der Waals surface area contributed by atoms with Crippen LogP contribution in [0.5, 0.6) is 0 Å². The molecule has 2 rings (SSSR count). The van der Waals surface area contributed by atoms with Crippen molar-refractivity contribution in [1.29, 1.82) is 0 Å². The molecule has 0 unspecified atom stereocenters. The van der Waals surface area contributed by atoms with Crippen LogP contribution in [0.25, 0.3) is 0 Å². The first-order valence-electron chi connectivity index (χ1n) is 8.95. The Balaban J connectivity index is 2.33. The van der Waals surface area contributed by atoms with Gasteiger partial charge in [-0.1, -0.05) is 37.8 Å². The molecule has 0 aliphatic carbocycles. The lowest BCUT2D eigenvalue weighted by molar-refractivity contribution is -0.112. The Labute approximate surface area is 161 Å². The number of nitrogens with one attached hydrogen (secondary N) is 2. The standard InChI is InChI=1S/C22H27N3O2/c1-7-17-12-15(3)20(18(13-17)22(27)23-5)24-21(26)16(4)25(6)19-11-9-8-10-14(19)2/h8-13H,4,7H2,1-3,5-6H3,(H,23,27)(H,24,26). The van der Waals surface area contributed by atoms with Crippen molar-refractivity contribution in [3.63, 3.8) is 0 Å². The Bertz CT molecular complexity index is 887. The minimum atomic E-state index is -0.349. The van der Waals surface area contributed by atoms with Crippen LogP contribution in [-0.4, -0.2) is 25.9 Å². The lowest BCUT2D eigenvalue weighted by Crippen LogP contribution is -2.29. The summed E-state index contributed by atoms with van der Waals surface area (Å²) in [4.78, 5) is 26.9. The van der Waals surface area contributed by atoms with Crippen molar-refractivity contribution in [2.24, 2.45) is 0 Å². The first-order chi connectivity index (χ1) is 12.8. The predicted octanol–water partition coefficient (Wildman–Crippen LogP) is 3.81. The first kappa shape index (κ1) is 20.2. The molecule has 0 saturated heterocycles. The van der Waals surface area contributed by atoms with Crippen molar-refractivity contribution >= 4 is 23.2 Å². The molecular weight excluding hydrogens is 338 g/mol. The highest BCUT2D eigenvalue weighted by Crippen LogP contribution is 2.26. The van der Waals surface area contributed by atoms with Crippen LogP contribution in [0, 0.1) is 13.8 Å². The molecular formula is C22H27N3O2. The van der Waals surface area contributed by atoms with E-state index in [1.807, 2.05) is 57.2 Å². The van der Waals surface area contributed by atoms with Gasteiger partial charge >= 0.3 is 0 Å². The molecule has 0 bridgehead atoms. The second-order valence-electron chi connectivity index (χ2n) is 6.51. The minimum Gasteiger partial charge on any atom is -0.355 e. The molecule has 0 saturated carbocycles. The molecule has 0 atom stereocenters. The van der Waals surface area contributed by atoms with Crippen molar-refractivity contribution in [2.75, 3.05) is 24.3 Å². The first-order valence-corrected chi connectivity index (χ1v) is 8.95. The molecule has 0 radical (unpaired) electrons. The van der Waals surface area contributed by atoms with E-state index in [1.165, 1.54) is 0 Å². The number of nitrogens with zero attached hydrogens (tertiary/aromatic N) is 1. The van der Waals surface area contributed by atoms with Crippen LogP contribution in [0.15, 0.2) is 48.7 Å². The van der Waals surface area contributed by atoms with Crippen molar-refractivity contribution < 1.29 is 9.59 Å². The van der Waals surface area contributed by atoms with E-state index in [-0.39, 0.29) is 11.8 Å². The molecule has 0 aliphatic rings. The third-order valence-corrected chi connectivity index (χ3v) is 4.66. The van der Waals surface area contributed by atoms with Gasteiger partial charge in [-0.15, -0.1) is 0 Å². The van der Waals surface area contributed by atoms with E-state index in [0.29, 0.717) is 16.9 Å². The Kier molecular flexibility index (Phi) is 6.40. The summed E-state index contributed by atoms with van der Waals surface area (Å²) in [7, 11) is 3.38. The maximum Gasteiger partial charge on any atom is 0.271 e. The highest BCUT2D eigenvalue weighted by atomic mass is 16.2. The van der Waals surface area contributed by atoms with Gasteiger partial charge in [0.15, 0.2) is 0 Å². The van der Waals surface area contributed by atoms with Gasteiger partial charge in [0.1, 0.15) is 0 Å². The zero-order valence-electron chi connectivity index (χ0n) is 16.6. The maximum atomic E-state index is 12.8.